The van der Waals surface area contributed by atoms with Crippen molar-refractivity contribution >= 4 is 5.69 Å². The maximum Gasteiger partial charge on any atom is 0.0743 e. The van der Waals surface area contributed by atoms with Crippen LogP contribution in [0.25, 0.3) is 0 Å². The van der Waals surface area contributed by atoms with E-state index in [1.54, 1.807) is 0 Å². The fraction of sp³-hybridized carbons (Fsp3) is 0.600. The fourth-order valence-corrected chi connectivity index (χ4v) is 2.68. The number of hydrogen-bond acceptors (Lipinski definition) is 2. The highest BCUT2D eigenvalue weighted by molar-refractivity contribution is 5.46. The number of nitrogens with zero attached hydrogens (tertiary/aromatic N) is 1. The minimum absolute atomic E-state index is 0.177. The summed E-state index contributed by atoms with van der Waals surface area (Å²) in [6, 6.07) is 8.48. The Labute approximate surface area is 104 Å². The van der Waals surface area contributed by atoms with Gasteiger partial charge in [0, 0.05) is 19.3 Å². The van der Waals surface area contributed by atoms with Crippen LogP contribution >= 0.6 is 0 Å². The first kappa shape index (κ1) is 12.4. The molecular formula is C15H23NO. The zero-order valence-electron chi connectivity index (χ0n) is 10.9. The average Bonchev–Trinajstić information content (AvgIpc) is 2.83. The number of aliphatic hydroxyl groups is 1. The number of aryl methyl sites for hydroxylation is 1. The van der Waals surface area contributed by atoms with Gasteiger partial charge in [0.05, 0.1) is 6.10 Å². The van der Waals surface area contributed by atoms with Crippen LogP contribution in [-0.2, 0) is 0 Å². The van der Waals surface area contributed by atoms with Gasteiger partial charge < -0.3 is 10.0 Å². The Bertz CT molecular complexity index is 340. The zero-order chi connectivity index (χ0) is 12.3. The Morgan fingerprint density at radius 1 is 1.24 bits per heavy atom. The van der Waals surface area contributed by atoms with E-state index in [0.29, 0.717) is 5.92 Å². The highest BCUT2D eigenvalue weighted by atomic mass is 16.3. The zero-order valence-corrected chi connectivity index (χ0v) is 10.9. The number of aliphatic hydroxyl groups excluding tert-OH is 1. The molecule has 94 valence electrons. The first-order valence-electron chi connectivity index (χ1n) is 6.62. The molecule has 1 unspecified atom stereocenters. The van der Waals surface area contributed by atoms with Crippen molar-refractivity contribution in [2.45, 2.75) is 38.7 Å². The van der Waals surface area contributed by atoms with Crippen LogP contribution in [0.3, 0.4) is 0 Å². The lowest BCUT2D eigenvalue weighted by molar-refractivity contribution is 0.117. The highest BCUT2D eigenvalue weighted by Gasteiger charge is 2.24. The van der Waals surface area contributed by atoms with Crippen molar-refractivity contribution < 1.29 is 5.11 Å². The molecular weight excluding hydrogens is 210 g/mol. The van der Waals surface area contributed by atoms with Gasteiger partial charge in [-0.15, -0.1) is 0 Å². The van der Waals surface area contributed by atoms with Gasteiger partial charge in [-0.1, -0.05) is 30.5 Å². The number of hydrogen-bond donors (Lipinski definition) is 1. The van der Waals surface area contributed by atoms with Crippen LogP contribution in [0.1, 0.15) is 31.2 Å². The Hall–Kier alpha value is -1.02. The summed E-state index contributed by atoms with van der Waals surface area (Å²) in [4.78, 5) is 2.16. The quantitative estimate of drug-likeness (QED) is 0.864. The third-order valence-corrected chi connectivity index (χ3v) is 3.88. The molecule has 0 amide bonds. The molecule has 1 N–H and O–H groups in total. The van der Waals surface area contributed by atoms with E-state index in [0.717, 1.165) is 6.54 Å². The van der Waals surface area contributed by atoms with Gasteiger partial charge in [0.1, 0.15) is 0 Å². The molecule has 1 saturated carbocycles. The van der Waals surface area contributed by atoms with Gasteiger partial charge in [-0.3, -0.25) is 0 Å². The van der Waals surface area contributed by atoms with Crippen LogP contribution in [0.5, 0.6) is 0 Å². The Morgan fingerprint density at radius 2 is 1.82 bits per heavy atom. The first-order chi connectivity index (χ1) is 8.16. The topological polar surface area (TPSA) is 23.5 Å². The first-order valence-corrected chi connectivity index (χ1v) is 6.62. The van der Waals surface area contributed by atoms with Gasteiger partial charge in [-0.25, -0.2) is 0 Å². The molecule has 0 aromatic heterocycles. The molecule has 2 nitrogen and oxygen atoms in total. The van der Waals surface area contributed by atoms with Crippen LogP contribution in [0.2, 0.25) is 0 Å². The molecule has 0 spiro atoms. The molecule has 17 heavy (non-hydrogen) atoms. The predicted octanol–water partition coefficient (Wildman–Crippen LogP) is 2.98. The predicted molar refractivity (Wildman–Crippen MR) is 72.4 cm³/mol. The van der Waals surface area contributed by atoms with Gasteiger partial charge in [0.25, 0.3) is 0 Å². The van der Waals surface area contributed by atoms with E-state index in [1.807, 2.05) is 0 Å². The molecule has 1 aliphatic rings. The van der Waals surface area contributed by atoms with Crippen molar-refractivity contribution in [2.75, 3.05) is 18.5 Å². The van der Waals surface area contributed by atoms with E-state index in [1.165, 1.54) is 36.9 Å². The molecule has 1 aromatic carbocycles. The summed E-state index contributed by atoms with van der Waals surface area (Å²) < 4.78 is 0. The van der Waals surface area contributed by atoms with Gasteiger partial charge >= 0.3 is 0 Å². The molecule has 2 heteroatoms. The number of rotatable bonds is 4. The van der Waals surface area contributed by atoms with Crippen molar-refractivity contribution in [3.63, 3.8) is 0 Å². The molecule has 1 fully saturated rings. The summed E-state index contributed by atoms with van der Waals surface area (Å²) in [5.74, 6) is 0.517. The van der Waals surface area contributed by atoms with Crippen LogP contribution in [0.4, 0.5) is 5.69 Å². The molecule has 0 heterocycles. The SMILES string of the molecule is Cc1ccc(N(C)CC(O)C2CCCC2)cc1. The van der Waals surface area contributed by atoms with E-state index in [-0.39, 0.29) is 6.10 Å². The third-order valence-electron chi connectivity index (χ3n) is 3.88. The lowest BCUT2D eigenvalue weighted by Gasteiger charge is -2.26. The summed E-state index contributed by atoms with van der Waals surface area (Å²) in [5, 5.41) is 10.2. The second-order valence-corrected chi connectivity index (χ2v) is 5.33. The maximum atomic E-state index is 10.2. The summed E-state index contributed by atoms with van der Waals surface area (Å²) in [6.07, 6.45) is 4.79. The second kappa shape index (κ2) is 5.54. The van der Waals surface area contributed by atoms with Crippen molar-refractivity contribution in [1.29, 1.82) is 0 Å². The van der Waals surface area contributed by atoms with Gasteiger partial charge in [0.15, 0.2) is 0 Å². The third kappa shape index (κ3) is 3.22. The molecule has 2 rings (SSSR count). The molecule has 0 bridgehead atoms. The van der Waals surface area contributed by atoms with E-state index < -0.39 is 0 Å². The van der Waals surface area contributed by atoms with Gasteiger partial charge in [-0.05, 0) is 37.8 Å². The summed E-state index contributed by atoms with van der Waals surface area (Å²) in [5.41, 5.74) is 2.46. The Kier molecular flexibility index (Phi) is 4.06. The molecule has 0 radical (unpaired) electrons. The van der Waals surface area contributed by atoms with E-state index in [9.17, 15) is 5.11 Å². The Balaban J connectivity index is 1.91. The molecule has 0 saturated heterocycles. The molecule has 1 atom stereocenters. The van der Waals surface area contributed by atoms with Crippen LogP contribution in [0, 0.1) is 12.8 Å². The molecule has 0 aliphatic heterocycles. The fourth-order valence-electron chi connectivity index (χ4n) is 2.68. The van der Waals surface area contributed by atoms with Crippen molar-refractivity contribution in [3.8, 4) is 0 Å². The van der Waals surface area contributed by atoms with E-state index >= 15 is 0 Å². The highest BCUT2D eigenvalue weighted by Crippen LogP contribution is 2.28. The summed E-state index contributed by atoms with van der Waals surface area (Å²) in [6.45, 7) is 2.84. The monoisotopic (exact) mass is 233 g/mol. The molecule has 1 aromatic rings. The number of likely N-dealkylation sites (N-methyl/N-ethyl adjacent to an activating group) is 1. The van der Waals surface area contributed by atoms with Crippen molar-refractivity contribution in [1.82, 2.24) is 0 Å². The maximum absolute atomic E-state index is 10.2. The normalized spacial score (nSPS) is 18.3. The smallest absolute Gasteiger partial charge is 0.0743 e. The van der Waals surface area contributed by atoms with E-state index in [2.05, 4.69) is 43.1 Å². The second-order valence-electron chi connectivity index (χ2n) is 5.33. The number of anilines is 1. The standard InChI is InChI=1S/C15H23NO/c1-12-7-9-14(10-8-12)16(2)11-15(17)13-5-3-4-6-13/h7-10,13,15,17H,3-6,11H2,1-2H3. The van der Waals surface area contributed by atoms with Gasteiger partial charge in [0.2, 0.25) is 0 Å². The Morgan fingerprint density at radius 3 is 2.41 bits per heavy atom. The van der Waals surface area contributed by atoms with Crippen molar-refractivity contribution in [2.24, 2.45) is 5.92 Å². The number of benzene rings is 1. The lowest BCUT2D eigenvalue weighted by Crippen LogP contribution is -2.33. The van der Waals surface area contributed by atoms with Crippen LogP contribution < -0.4 is 4.90 Å². The van der Waals surface area contributed by atoms with Gasteiger partial charge in [-0.2, -0.15) is 0 Å². The summed E-state index contributed by atoms with van der Waals surface area (Å²) >= 11 is 0. The molecule has 1 aliphatic carbocycles. The van der Waals surface area contributed by atoms with Crippen molar-refractivity contribution in [3.05, 3.63) is 29.8 Å². The van der Waals surface area contributed by atoms with E-state index in [4.69, 9.17) is 0 Å². The largest absolute Gasteiger partial charge is 0.391 e. The van der Waals surface area contributed by atoms with Crippen LogP contribution in [-0.4, -0.2) is 24.8 Å². The summed E-state index contributed by atoms with van der Waals surface area (Å²) in [7, 11) is 2.06. The average molecular weight is 233 g/mol. The lowest BCUT2D eigenvalue weighted by atomic mass is 10.0. The van der Waals surface area contributed by atoms with Crippen LogP contribution in [0.15, 0.2) is 24.3 Å². The minimum Gasteiger partial charge on any atom is -0.391 e. The minimum atomic E-state index is -0.177.